The van der Waals surface area contributed by atoms with E-state index >= 15 is 0 Å². The van der Waals surface area contributed by atoms with Crippen LogP contribution in [-0.4, -0.2) is 12.1 Å². The minimum atomic E-state index is -0.174. The molecule has 94 valence electrons. The highest BCUT2D eigenvalue weighted by Gasteiger charge is 2.34. The van der Waals surface area contributed by atoms with E-state index in [9.17, 15) is 4.79 Å². The van der Waals surface area contributed by atoms with Crippen molar-refractivity contribution in [2.75, 3.05) is 0 Å². The van der Waals surface area contributed by atoms with Gasteiger partial charge in [-0.3, -0.25) is 4.79 Å². The van der Waals surface area contributed by atoms with Gasteiger partial charge >= 0.3 is 5.97 Å². The zero-order valence-corrected chi connectivity index (χ0v) is 11.1. The van der Waals surface area contributed by atoms with E-state index in [0.717, 1.165) is 12.8 Å². The Morgan fingerprint density at radius 1 is 1.41 bits per heavy atom. The molecule has 0 aromatic carbocycles. The molecule has 0 amide bonds. The lowest BCUT2D eigenvalue weighted by atomic mass is 9.91. The predicted octanol–water partition coefficient (Wildman–Crippen LogP) is 3.63. The Morgan fingerprint density at radius 3 is 2.76 bits per heavy atom. The maximum atomic E-state index is 11.1. The van der Waals surface area contributed by atoms with E-state index in [1.807, 2.05) is 0 Å². The van der Waals surface area contributed by atoms with Crippen LogP contribution in [0.5, 0.6) is 0 Å². The number of allylic oxidation sites excluding steroid dienone is 2. The lowest BCUT2D eigenvalue weighted by Gasteiger charge is -2.21. The summed E-state index contributed by atoms with van der Waals surface area (Å²) in [5, 5.41) is 0. The molecule has 17 heavy (non-hydrogen) atoms. The van der Waals surface area contributed by atoms with Crippen LogP contribution < -0.4 is 0 Å². The zero-order chi connectivity index (χ0) is 12.6. The van der Waals surface area contributed by atoms with Gasteiger partial charge in [-0.15, -0.1) is 0 Å². The van der Waals surface area contributed by atoms with Gasteiger partial charge in [0.25, 0.3) is 0 Å². The molecular formula is C15H22O2. The summed E-state index contributed by atoms with van der Waals surface area (Å²) in [4.78, 5) is 11.1. The fourth-order valence-electron chi connectivity index (χ4n) is 3.21. The smallest absolute Gasteiger partial charge is 0.302 e. The minimum Gasteiger partial charge on any atom is -0.462 e. The maximum Gasteiger partial charge on any atom is 0.302 e. The number of hydrogen-bond donors (Lipinski definition) is 0. The standard InChI is InChI=1S/C15H22O2/c1-9-5-6-13-10(2)8-15(17-12(4)16)11(3)7-14(9)13/h11,13,15H,2,5-8H2,1,3-4H3. The molecule has 2 nitrogen and oxygen atoms in total. The molecule has 0 radical (unpaired) electrons. The first-order valence-corrected chi connectivity index (χ1v) is 6.52. The molecule has 1 fully saturated rings. The SMILES string of the molecule is C=C1CC(OC(C)=O)C(C)CC2=C(C)CCC12. The number of ether oxygens (including phenoxy) is 1. The molecular weight excluding hydrogens is 212 g/mol. The number of carbonyl (C=O) groups excluding carboxylic acids is 1. The summed E-state index contributed by atoms with van der Waals surface area (Å²) >= 11 is 0. The third kappa shape index (κ3) is 2.46. The highest BCUT2D eigenvalue weighted by molar-refractivity contribution is 5.66. The Labute approximate surface area is 104 Å². The molecule has 0 spiro atoms. The second kappa shape index (κ2) is 4.67. The van der Waals surface area contributed by atoms with Crippen LogP contribution in [-0.2, 0) is 9.53 Å². The summed E-state index contributed by atoms with van der Waals surface area (Å²) < 4.78 is 5.43. The molecule has 3 unspecified atom stereocenters. The van der Waals surface area contributed by atoms with Gasteiger partial charge in [-0.2, -0.15) is 0 Å². The first kappa shape index (κ1) is 12.4. The number of rotatable bonds is 1. The predicted molar refractivity (Wildman–Crippen MR) is 68.5 cm³/mol. The molecule has 2 aliphatic rings. The molecule has 0 aliphatic heterocycles. The molecule has 0 bridgehead atoms. The summed E-state index contributed by atoms with van der Waals surface area (Å²) in [7, 11) is 0. The van der Waals surface area contributed by atoms with Crippen molar-refractivity contribution in [2.24, 2.45) is 11.8 Å². The summed E-state index contributed by atoms with van der Waals surface area (Å²) in [5.41, 5.74) is 4.36. The average molecular weight is 234 g/mol. The Balaban J connectivity index is 2.21. The molecule has 0 saturated heterocycles. The summed E-state index contributed by atoms with van der Waals surface area (Å²) in [6.45, 7) is 10.1. The first-order chi connectivity index (χ1) is 7.99. The quantitative estimate of drug-likeness (QED) is 0.511. The van der Waals surface area contributed by atoms with Crippen molar-refractivity contribution in [2.45, 2.75) is 52.6 Å². The van der Waals surface area contributed by atoms with Crippen molar-refractivity contribution in [3.05, 3.63) is 23.3 Å². The topological polar surface area (TPSA) is 26.3 Å². The normalized spacial score (nSPS) is 33.4. The third-order valence-corrected chi connectivity index (χ3v) is 4.23. The molecule has 0 N–H and O–H groups in total. The summed E-state index contributed by atoms with van der Waals surface area (Å²) in [5.74, 6) is 0.786. The van der Waals surface area contributed by atoms with Crippen molar-refractivity contribution >= 4 is 5.97 Å². The lowest BCUT2D eigenvalue weighted by Crippen LogP contribution is -2.23. The highest BCUT2D eigenvalue weighted by atomic mass is 16.5. The van der Waals surface area contributed by atoms with Gasteiger partial charge < -0.3 is 4.74 Å². The molecule has 1 saturated carbocycles. The van der Waals surface area contributed by atoms with Crippen LogP contribution in [0.15, 0.2) is 23.3 Å². The fourth-order valence-corrected chi connectivity index (χ4v) is 3.21. The van der Waals surface area contributed by atoms with Gasteiger partial charge in [0.05, 0.1) is 0 Å². The van der Waals surface area contributed by atoms with Crippen molar-refractivity contribution < 1.29 is 9.53 Å². The average Bonchev–Trinajstić information content (AvgIpc) is 2.53. The molecule has 2 aliphatic carbocycles. The third-order valence-electron chi connectivity index (χ3n) is 4.23. The Morgan fingerprint density at radius 2 is 2.12 bits per heavy atom. The van der Waals surface area contributed by atoms with E-state index in [1.54, 1.807) is 5.57 Å². The van der Waals surface area contributed by atoms with Gasteiger partial charge in [-0.05, 0) is 32.1 Å². The second-order valence-corrected chi connectivity index (χ2v) is 5.59. The van der Waals surface area contributed by atoms with Gasteiger partial charge in [0, 0.05) is 19.3 Å². The van der Waals surface area contributed by atoms with E-state index in [2.05, 4.69) is 20.4 Å². The minimum absolute atomic E-state index is 0.0194. The van der Waals surface area contributed by atoms with Gasteiger partial charge in [0.15, 0.2) is 0 Å². The van der Waals surface area contributed by atoms with Gasteiger partial charge in [-0.1, -0.05) is 30.2 Å². The Bertz CT molecular complexity index is 378. The van der Waals surface area contributed by atoms with Gasteiger partial charge in [0.2, 0.25) is 0 Å². The number of esters is 1. The molecule has 2 rings (SSSR count). The van der Waals surface area contributed by atoms with E-state index in [0.29, 0.717) is 11.8 Å². The second-order valence-electron chi connectivity index (χ2n) is 5.59. The van der Waals surface area contributed by atoms with E-state index in [1.165, 1.54) is 30.9 Å². The van der Waals surface area contributed by atoms with Crippen molar-refractivity contribution in [3.8, 4) is 0 Å². The van der Waals surface area contributed by atoms with E-state index < -0.39 is 0 Å². The summed E-state index contributed by atoms with van der Waals surface area (Å²) in [6.07, 6.45) is 4.34. The Kier molecular flexibility index (Phi) is 3.41. The van der Waals surface area contributed by atoms with Crippen LogP contribution >= 0.6 is 0 Å². The monoisotopic (exact) mass is 234 g/mol. The van der Waals surface area contributed by atoms with E-state index in [-0.39, 0.29) is 12.1 Å². The zero-order valence-electron chi connectivity index (χ0n) is 11.1. The maximum absolute atomic E-state index is 11.1. The summed E-state index contributed by atoms with van der Waals surface area (Å²) in [6, 6.07) is 0. The van der Waals surface area contributed by atoms with Gasteiger partial charge in [0.1, 0.15) is 6.10 Å². The van der Waals surface area contributed by atoms with Crippen molar-refractivity contribution in [1.82, 2.24) is 0 Å². The number of carbonyl (C=O) groups is 1. The lowest BCUT2D eigenvalue weighted by molar-refractivity contribution is -0.148. The van der Waals surface area contributed by atoms with E-state index in [4.69, 9.17) is 4.74 Å². The van der Waals surface area contributed by atoms with Crippen LogP contribution in [0.25, 0.3) is 0 Å². The molecule has 0 aromatic heterocycles. The van der Waals surface area contributed by atoms with Crippen molar-refractivity contribution in [1.29, 1.82) is 0 Å². The number of hydrogen-bond acceptors (Lipinski definition) is 2. The molecule has 3 atom stereocenters. The van der Waals surface area contributed by atoms with Crippen molar-refractivity contribution in [3.63, 3.8) is 0 Å². The number of fused-ring (bicyclic) bond motifs is 1. The molecule has 2 heteroatoms. The van der Waals surface area contributed by atoms with Crippen LogP contribution in [0.2, 0.25) is 0 Å². The van der Waals surface area contributed by atoms with Crippen LogP contribution in [0.1, 0.15) is 46.5 Å². The largest absolute Gasteiger partial charge is 0.462 e. The van der Waals surface area contributed by atoms with Crippen LogP contribution in [0.4, 0.5) is 0 Å². The Hall–Kier alpha value is -1.05. The van der Waals surface area contributed by atoms with Crippen LogP contribution in [0, 0.1) is 11.8 Å². The fraction of sp³-hybridized carbons (Fsp3) is 0.667. The molecule has 0 aromatic rings. The highest BCUT2D eigenvalue weighted by Crippen LogP contribution is 2.44. The first-order valence-electron chi connectivity index (χ1n) is 6.52. The van der Waals surface area contributed by atoms with Gasteiger partial charge in [-0.25, -0.2) is 0 Å². The molecule has 0 heterocycles. The van der Waals surface area contributed by atoms with Crippen LogP contribution in [0.3, 0.4) is 0 Å².